The third-order valence-electron chi connectivity index (χ3n) is 6.60. The lowest BCUT2D eigenvalue weighted by atomic mass is 9.87. The molecule has 2 unspecified atom stereocenters. The van der Waals surface area contributed by atoms with Gasteiger partial charge >= 0.3 is 5.97 Å². The topological polar surface area (TPSA) is 169 Å². The summed E-state index contributed by atoms with van der Waals surface area (Å²) in [6, 6.07) is 9.92. The molecule has 10 heteroatoms. The number of nitrogens with zero attached hydrogens (tertiary/aromatic N) is 1. The van der Waals surface area contributed by atoms with Crippen molar-refractivity contribution < 1.29 is 24.6 Å². The van der Waals surface area contributed by atoms with Crippen LogP contribution in [0.2, 0.25) is 0 Å². The molecule has 37 heavy (non-hydrogen) atoms. The first kappa shape index (κ1) is 27.7. The number of carboxylic acid groups (broad SMARTS) is 1. The van der Waals surface area contributed by atoms with Gasteiger partial charge in [0.1, 0.15) is 11.9 Å². The molecule has 1 aliphatic heterocycles. The number of benzene rings is 2. The van der Waals surface area contributed by atoms with Crippen LogP contribution in [0.3, 0.4) is 0 Å². The molecule has 7 N–H and O–H groups in total. The van der Waals surface area contributed by atoms with Crippen molar-refractivity contribution in [2.24, 2.45) is 11.1 Å². The second kappa shape index (κ2) is 11.4. The van der Waals surface area contributed by atoms with Crippen LogP contribution in [0.25, 0.3) is 0 Å². The van der Waals surface area contributed by atoms with Gasteiger partial charge in [-0.25, -0.2) is 4.79 Å². The molecular weight excluding hydrogens is 474 g/mol. The Morgan fingerprint density at radius 1 is 1.11 bits per heavy atom. The van der Waals surface area contributed by atoms with Gasteiger partial charge in [0.25, 0.3) is 5.91 Å². The molecule has 0 bridgehead atoms. The largest absolute Gasteiger partial charge is 0.478 e. The summed E-state index contributed by atoms with van der Waals surface area (Å²) in [7, 11) is 0. The van der Waals surface area contributed by atoms with Gasteiger partial charge in [-0.05, 0) is 67.1 Å². The summed E-state index contributed by atoms with van der Waals surface area (Å²) in [5, 5.41) is 32.8. The highest BCUT2D eigenvalue weighted by atomic mass is 16.4. The molecule has 3 rings (SSSR count). The molecule has 2 atom stereocenters. The Bertz CT molecular complexity index is 1170. The fourth-order valence-corrected chi connectivity index (χ4v) is 4.33. The van der Waals surface area contributed by atoms with Crippen molar-refractivity contribution in [1.29, 1.82) is 5.41 Å². The smallest absolute Gasteiger partial charge is 0.337 e. The fraction of sp³-hybridized carbons (Fsp3) is 0.407. The van der Waals surface area contributed by atoms with Crippen molar-refractivity contribution >= 4 is 35.0 Å². The van der Waals surface area contributed by atoms with E-state index in [0.717, 1.165) is 12.8 Å². The summed E-state index contributed by atoms with van der Waals surface area (Å²) < 4.78 is 0. The number of aromatic carboxylic acids is 1. The lowest BCUT2D eigenvalue weighted by molar-refractivity contribution is -0.117. The van der Waals surface area contributed by atoms with E-state index in [1.807, 2.05) is 20.8 Å². The van der Waals surface area contributed by atoms with Crippen LogP contribution in [0.5, 0.6) is 0 Å². The molecule has 0 saturated carbocycles. The van der Waals surface area contributed by atoms with Gasteiger partial charge < -0.3 is 31.5 Å². The van der Waals surface area contributed by atoms with Gasteiger partial charge in [0.05, 0.1) is 23.9 Å². The molecule has 1 heterocycles. The van der Waals surface area contributed by atoms with Crippen LogP contribution in [0, 0.1) is 10.8 Å². The number of nitrogen functional groups attached to an aromatic ring is 1. The van der Waals surface area contributed by atoms with Gasteiger partial charge in [-0.2, -0.15) is 0 Å². The molecule has 0 radical (unpaired) electrons. The zero-order chi connectivity index (χ0) is 27.3. The van der Waals surface area contributed by atoms with Crippen molar-refractivity contribution in [1.82, 2.24) is 5.32 Å². The SMILES string of the molecule is CC(C)(C)C(CO)NC(=O)c1ccc(N2CCCCC2C(=O)Nc2ccc(C(=N)N)cc2)c(C(=O)O)c1. The van der Waals surface area contributed by atoms with Crippen LogP contribution in [0.15, 0.2) is 42.5 Å². The standard InChI is InChI=1S/C27H35N5O5/c1-27(2,3)22(15-33)31-24(34)17-9-12-20(19(14-17)26(36)37)32-13-5-4-6-21(32)25(35)30-18-10-7-16(8-11-18)23(28)29/h7-12,14,21-22,33H,4-6,13,15H2,1-3H3,(H3,28,29)(H,30,35)(H,31,34)(H,36,37). The normalized spacial score (nSPS) is 16.5. The Morgan fingerprint density at radius 3 is 2.32 bits per heavy atom. The molecule has 0 aliphatic carbocycles. The number of aliphatic hydroxyl groups excluding tert-OH is 1. The molecule has 0 spiro atoms. The first-order valence-electron chi connectivity index (χ1n) is 12.2. The molecule has 1 aliphatic rings. The quantitative estimate of drug-likeness (QED) is 0.235. The van der Waals surface area contributed by atoms with Crippen LogP contribution in [-0.2, 0) is 4.79 Å². The van der Waals surface area contributed by atoms with Gasteiger partial charge in [0.15, 0.2) is 0 Å². The van der Waals surface area contributed by atoms with Crippen LogP contribution in [-0.4, -0.2) is 59.1 Å². The Morgan fingerprint density at radius 2 is 1.76 bits per heavy atom. The molecule has 1 fully saturated rings. The van der Waals surface area contributed by atoms with E-state index in [1.165, 1.54) is 12.1 Å². The first-order chi connectivity index (χ1) is 17.4. The molecule has 0 aromatic heterocycles. The van der Waals surface area contributed by atoms with Gasteiger partial charge in [-0.15, -0.1) is 0 Å². The fourth-order valence-electron chi connectivity index (χ4n) is 4.33. The molecule has 2 aromatic carbocycles. The summed E-state index contributed by atoms with van der Waals surface area (Å²) in [5.41, 5.74) is 6.64. The van der Waals surface area contributed by atoms with E-state index in [2.05, 4.69) is 10.6 Å². The minimum atomic E-state index is -1.20. The van der Waals surface area contributed by atoms with Crippen molar-refractivity contribution in [3.05, 3.63) is 59.2 Å². The van der Waals surface area contributed by atoms with E-state index in [-0.39, 0.29) is 34.9 Å². The summed E-state index contributed by atoms with van der Waals surface area (Å²) in [4.78, 5) is 40.1. The molecule has 2 amide bonds. The number of aliphatic hydroxyl groups is 1. The second-order valence-electron chi connectivity index (χ2n) is 10.3. The Labute approximate surface area is 216 Å². The highest BCUT2D eigenvalue weighted by molar-refractivity contribution is 6.03. The number of carboxylic acids is 1. The lowest BCUT2D eigenvalue weighted by Gasteiger charge is -2.37. The van der Waals surface area contributed by atoms with E-state index in [9.17, 15) is 24.6 Å². The Kier molecular flexibility index (Phi) is 8.54. The van der Waals surface area contributed by atoms with Gasteiger partial charge in [0, 0.05) is 23.4 Å². The lowest BCUT2D eigenvalue weighted by Crippen LogP contribution is -2.48. The summed E-state index contributed by atoms with van der Waals surface area (Å²) in [6.07, 6.45) is 2.15. The summed E-state index contributed by atoms with van der Waals surface area (Å²) in [6.45, 7) is 5.91. The highest BCUT2D eigenvalue weighted by Crippen LogP contribution is 2.30. The monoisotopic (exact) mass is 509 g/mol. The Balaban J connectivity index is 1.86. The van der Waals surface area contributed by atoms with E-state index in [0.29, 0.717) is 29.9 Å². The van der Waals surface area contributed by atoms with Crippen molar-refractivity contribution in [3.8, 4) is 0 Å². The van der Waals surface area contributed by atoms with Gasteiger partial charge in [0.2, 0.25) is 5.91 Å². The number of rotatable bonds is 8. The van der Waals surface area contributed by atoms with Crippen molar-refractivity contribution in [3.63, 3.8) is 0 Å². The Hall–Kier alpha value is -3.92. The number of amides is 2. The number of hydrogen-bond acceptors (Lipinski definition) is 6. The molecule has 198 valence electrons. The summed E-state index contributed by atoms with van der Waals surface area (Å²) >= 11 is 0. The van der Waals surface area contributed by atoms with Crippen LogP contribution < -0.4 is 21.3 Å². The molecule has 10 nitrogen and oxygen atoms in total. The predicted molar refractivity (Wildman–Crippen MR) is 142 cm³/mol. The third-order valence-corrected chi connectivity index (χ3v) is 6.60. The number of nitrogens with one attached hydrogen (secondary N) is 3. The van der Waals surface area contributed by atoms with Crippen molar-refractivity contribution in [2.45, 2.75) is 52.1 Å². The molecule has 1 saturated heterocycles. The number of carbonyl (C=O) groups is 3. The van der Waals surface area contributed by atoms with E-state index in [1.54, 1.807) is 35.2 Å². The zero-order valence-electron chi connectivity index (χ0n) is 21.4. The predicted octanol–water partition coefficient (Wildman–Crippen LogP) is 2.80. The van der Waals surface area contributed by atoms with Gasteiger partial charge in [-0.1, -0.05) is 20.8 Å². The first-order valence-corrected chi connectivity index (χ1v) is 12.2. The number of nitrogens with two attached hydrogens (primary N) is 1. The van der Waals surface area contributed by atoms with E-state index >= 15 is 0 Å². The maximum atomic E-state index is 13.2. The average Bonchev–Trinajstić information content (AvgIpc) is 2.86. The number of amidine groups is 1. The van der Waals surface area contributed by atoms with Crippen LogP contribution in [0.1, 0.15) is 66.3 Å². The maximum Gasteiger partial charge on any atom is 0.337 e. The van der Waals surface area contributed by atoms with Crippen LogP contribution >= 0.6 is 0 Å². The van der Waals surface area contributed by atoms with Crippen LogP contribution in [0.4, 0.5) is 11.4 Å². The van der Waals surface area contributed by atoms with Crippen molar-refractivity contribution in [2.75, 3.05) is 23.4 Å². The molecule has 2 aromatic rings. The number of piperidine rings is 1. The minimum absolute atomic E-state index is 0.0695. The van der Waals surface area contributed by atoms with Gasteiger partial charge in [-0.3, -0.25) is 15.0 Å². The summed E-state index contributed by atoms with van der Waals surface area (Å²) in [5.74, 6) is -2.03. The van der Waals surface area contributed by atoms with E-state index in [4.69, 9.17) is 11.1 Å². The number of hydrogen-bond donors (Lipinski definition) is 6. The maximum absolute atomic E-state index is 13.2. The number of anilines is 2. The zero-order valence-corrected chi connectivity index (χ0v) is 21.4. The highest BCUT2D eigenvalue weighted by Gasteiger charge is 2.32. The number of carbonyl (C=O) groups excluding carboxylic acids is 2. The minimum Gasteiger partial charge on any atom is -0.478 e. The second-order valence-corrected chi connectivity index (χ2v) is 10.3. The van der Waals surface area contributed by atoms with E-state index < -0.39 is 24.0 Å². The molecular formula is C27H35N5O5. The average molecular weight is 510 g/mol. The third kappa shape index (κ3) is 6.65.